The summed E-state index contributed by atoms with van der Waals surface area (Å²) in [7, 11) is 0. The Morgan fingerprint density at radius 3 is 2.79 bits per heavy atom. The molecule has 19 heavy (non-hydrogen) atoms. The molecule has 0 spiro atoms. The van der Waals surface area contributed by atoms with E-state index >= 15 is 0 Å². The first-order valence-electron chi connectivity index (χ1n) is 6.36. The van der Waals surface area contributed by atoms with Gasteiger partial charge in [0.2, 0.25) is 0 Å². The van der Waals surface area contributed by atoms with Gasteiger partial charge in [-0.25, -0.2) is 4.39 Å². The first-order chi connectivity index (χ1) is 9.18. The van der Waals surface area contributed by atoms with Crippen LogP contribution in [0.5, 0.6) is 0 Å². The van der Waals surface area contributed by atoms with Gasteiger partial charge in [-0.1, -0.05) is 13.8 Å². The number of fused-ring (bicyclic) bond motifs is 1. The quantitative estimate of drug-likeness (QED) is 0.827. The first kappa shape index (κ1) is 12.2. The Labute approximate surface area is 111 Å². The minimum Gasteiger partial charge on any atom is -0.370 e. The molecule has 0 atom stereocenters. The molecule has 2 aromatic heterocycles. The molecule has 1 aliphatic heterocycles. The van der Waals surface area contributed by atoms with E-state index in [4.69, 9.17) is 4.74 Å². The molecule has 4 heteroatoms. The van der Waals surface area contributed by atoms with Crippen LogP contribution in [0, 0.1) is 5.82 Å². The molecule has 0 N–H and O–H groups in total. The van der Waals surface area contributed by atoms with Crippen molar-refractivity contribution in [1.29, 1.82) is 0 Å². The molecule has 0 unspecified atom stereocenters. The molecule has 0 bridgehead atoms. The highest BCUT2D eigenvalue weighted by molar-refractivity contribution is 5.69. The van der Waals surface area contributed by atoms with Gasteiger partial charge in [0.25, 0.3) is 0 Å². The standard InChI is InChI=1S/C15H15FN2O/c1-9(2)15-11(10-3-4-17-6-13(10)16)5-18-14-8-19-7-12(14)15/h3-6,9H,7-8H2,1-2H3. The summed E-state index contributed by atoms with van der Waals surface area (Å²) in [5, 5.41) is 0. The average molecular weight is 258 g/mol. The highest BCUT2D eigenvalue weighted by Gasteiger charge is 2.23. The summed E-state index contributed by atoms with van der Waals surface area (Å²) in [6.07, 6.45) is 4.59. The molecule has 0 saturated carbocycles. The third kappa shape index (κ3) is 2.02. The van der Waals surface area contributed by atoms with Gasteiger partial charge in [-0.2, -0.15) is 0 Å². The maximum absolute atomic E-state index is 13.9. The lowest BCUT2D eigenvalue weighted by molar-refractivity contribution is 0.133. The van der Waals surface area contributed by atoms with Gasteiger partial charge in [0.05, 0.1) is 25.1 Å². The molecule has 1 aliphatic rings. The zero-order valence-electron chi connectivity index (χ0n) is 11.0. The fourth-order valence-corrected chi connectivity index (χ4v) is 2.61. The zero-order valence-corrected chi connectivity index (χ0v) is 11.0. The van der Waals surface area contributed by atoms with Gasteiger partial charge in [0.15, 0.2) is 0 Å². The van der Waals surface area contributed by atoms with E-state index in [1.54, 1.807) is 18.5 Å². The Bertz CT molecular complexity index is 626. The van der Waals surface area contributed by atoms with Crippen LogP contribution in [0.4, 0.5) is 4.39 Å². The third-order valence-electron chi connectivity index (χ3n) is 3.44. The van der Waals surface area contributed by atoms with Crippen molar-refractivity contribution < 1.29 is 9.13 Å². The molecular weight excluding hydrogens is 243 g/mol. The molecule has 98 valence electrons. The molecule has 3 nitrogen and oxygen atoms in total. The lowest BCUT2D eigenvalue weighted by Crippen LogP contribution is -2.03. The maximum Gasteiger partial charge on any atom is 0.149 e. The average Bonchev–Trinajstić information content (AvgIpc) is 2.86. The van der Waals surface area contributed by atoms with Crippen LogP contribution in [0.1, 0.15) is 36.6 Å². The molecule has 2 aromatic rings. The van der Waals surface area contributed by atoms with Crippen LogP contribution in [0.15, 0.2) is 24.7 Å². The lowest BCUT2D eigenvalue weighted by atomic mass is 9.90. The number of aromatic nitrogens is 2. The number of rotatable bonds is 2. The Hall–Kier alpha value is -1.81. The van der Waals surface area contributed by atoms with Gasteiger partial charge in [0, 0.05) is 29.1 Å². The summed E-state index contributed by atoms with van der Waals surface area (Å²) >= 11 is 0. The van der Waals surface area contributed by atoms with Crippen LogP contribution in [-0.4, -0.2) is 9.97 Å². The molecule has 3 heterocycles. The summed E-state index contributed by atoms with van der Waals surface area (Å²) in [6, 6.07) is 1.69. The molecule has 0 fully saturated rings. The summed E-state index contributed by atoms with van der Waals surface area (Å²) < 4.78 is 19.4. The lowest BCUT2D eigenvalue weighted by Gasteiger charge is -2.16. The van der Waals surface area contributed by atoms with E-state index < -0.39 is 0 Å². The number of halogens is 1. The second-order valence-corrected chi connectivity index (χ2v) is 5.01. The normalized spacial score (nSPS) is 13.9. The van der Waals surface area contributed by atoms with Crippen LogP contribution >= 0.6 is 0 Å². The van der Waals surface area contributed by atoms with Crippen molar-refractivity contribution in [2.45, 2.75) is 33.0 Å². The SMILES string of the molecule is CC(C)c1c(-c2ccncc2F)cnc2c1COC2. The summed E-state index contributed by atoms with van der Waals surface area (Å²) in [5.74, 6) is -0.0221. The molecule has 0 radical (unpaired) electrons. The van der Waals surface area contributed by atoms with Gasteiger partial charge in [-0.05, 0) is 17.5 Å². The predicted molar refractivity (Wildman–Crippen MR) is 70.0 cm³/mol. The predicted octanol–water partition coefficient (Wildman–Crippen LogP) is 3.44. The van der Waals surface area contributed by atoms with E-state index in [0.29, 0.717) is 24.7 Å². The Morgan fingerprint density at radius 1 is 1.21 bits per heavy atom. The van der Waals surface area contributed by atoms with E-state index in [1.165, 1.54) is 6.20 Å². The topological polar surface area (TPSA) is 35.0 Å². The van der Waals surface area contributed by atoms with Gasteiger partial charge in [-0.15, -0.1) is 0 Å². The first-order valence-corrected chi connectivity index (χ1v) is 6.36. The van der Waals surface area contributed by atoms with Crippen LogP contribution in [-0.2, 0) is 18.0 Å². The van der Waals surface area contributed by atoms with E-state index in [2.05, 4.69) is 23.8 Å². The molecular formula is C15H15FN2O. The van der Waals surface area contributed by atoms with E-state index in [0.717, 1.165) is 22.4 Å². The second-order valence-electron chi connectivity index (χ2n) is 5.01. The molecule has 0 saturated heterocycles. The van der Waals surface area contributed by atoms with Crippen molar-refractivity contribution in [3.63, 3.8) is 0 Å². The van der Waals surface area contributed by atoms with Gasteiger partial charge in [-0.3, -0.25) is 9.97 Å². The Balaban J connectivity index is 2.25. The van der Waals surface area contributed by atoms with Crippen molar-refractivity contribution in [2.75, 3.05) is 0 Å². The second kappa shape index (κ2) is 4.70. The summed E-state index contributed by atoms with van der Waals surface area (Å²) in [6.45, 7) is 5.33. The monoisotopic (exact) mass is 258 g/mol. The molecule has 0 aliphatic carbocycles. The largest absolute Gasteiger partial charge is 0.370 e. The van der Waals surface area contributed by atoms with Crippen LogP contribution in [0.3, 0.4) is 0 Å². The fraction of sp³-hybridized carbons (Fsp3) is 0.333. The van der Waals surface area contributed by atoms with Crippen molar-refractivity contribution in [1.82, 2.24) is 9.97 Å². The highest BCUT2D eigenvalue weighted by atomic mass is 19.1. The minimum absolute atomic E-state index is 0.293. The van der Waals surface area contributed by atoms with Crippen molar-refractivity contribution in [3.05, 3.63) is 47.3 Å². The van der Waals surface area contributed by atoms with E-state index in [9.17, 15) is 4.39 Å². The number of nitrogens with zero attached hydrogens (tertiary/aromatic N) is 2. The molecule has 0 amide bonds. The van der Waals surface area contributed by atoms with Gasteiger partial charge >= 0.3 is 0 Å². The van der Waals surface area contributed by atoms with Crippen LogP contribution in [0.2, 0.25) is 0 Å². The maximum atomic E-state index is 13.9. The number of ether oxygens (including phenoxy) is 1. The van der Waals surface area contributed by atoms with E-state index in [-0.39, 0.29) is 5.82 Å². The highest BCUT2D eigenvalue weighted by Crippen LogP contribution is 2.36. The number of hydrogen-bond donors (Lipinski definition) is 0. The number of hydrogen-bond acceptors (Lipinski definition) is 3. The Kier molecular flexibility index (Phi) is 3.03. The van der Waals surface area contributed by atoms with Crippen LogP contribution in [0.25, 0.3) is 11.1 Å². The molecule has 3 rings (SSSR count). The van der Waals surface area contributed by atoms with Crippen molar-refractivity contribution in [3.8, 4) is 11.1 Å². The third-order valence-corrected chi connectivity index (χ3v) is 3.44. The van der Waals surface area contributed by atoms with E-state index in [1.807, 2.05) is 0 Å². The number of pyridine rings is 2. The molecule has 0 aromatic carbocycles. The fourth-order valence-electron chi connectivity index (χ4n) is 2.61. The van der Waals surface area contributed by atoms with Crippen molar-refractivity contribution >= 4 is 0 Å². The smallest absolute Gasteiger partial charge is 0.149 e. The Morgan fingerprint density at radius 2 is 2.05 bits per heavy atom. The minimum atomic E-state index is -0.315. The summed E-state index contributed by atoms with van der Waals surface area (Å²) in [4.78, 5) is 8.21. The summed E-state index contributed by atoms with van der Waals surface area (Å²) in [5.41, 5.74) is 4.62. The van der Waals surface area contributed by atoms with Gasteiger partial charge in [0.1, 0.15) is 5.82 Å². The van der Waals surface area contributed by atoms with Crippen molar-refractivity contribution in [2.24, 2.45) is 0 Å². The van der Waals surface area contributed by atoms with Gasteiger partial charge < -0.3 is 4.74 Å². The zero-order chi connectivity index (χ0) is 13.4. The van der Waals surface area contributed by atoms with Crippen LogP contribution < -0.4 is 0 Å².